The average molecular weight is 396 g/mol. The first-order valence-corrected chi connectivity index (χ1v) is 9.22. The van der Waals surface area contributed by atoms with Gasteiger partial charge in [0.15, 0.2) is 11.5 Å². The van der Waals surface area contributed by atoms with Crippen LogP contribution in [0.5, 0.6) is 17.2 Å². The summed E-state index contributed by atoms with van der Waals surface area (Å²) in [7, 11) is 1.46. The zero-order valence-electron chi connectivity index (χ0n) is 15.1. The number of piperidine rings is 1. The minimum absolute atomic E-state index is 0.320. The lowest BCUT2D eigenvalue weighted by Crippen LogP contribution is -2.49. The van der Waals surface area contributed by atoms with Gasteiger partial charge in [0, 0.05) is 30.7 Å². The Hall–Kier alpha value is -2.02. The molecule has 2 aromatic rings. The van der Waals surface area contributed by atoms with Crippen molar-refractivity contribution in [1.82, 2.24) is 4.90 Å². The molecular formula is C20H23ClFNO4. The van der Waals surface area contributed by atoms with E-state index < -0.39 is 11.9 Å². The van der Waals surface area contributed by atoms with E-state index in [1.54, 1.807) is 12.1 Å². The fourth-order valence-electron chi connectivity index (χ4n) is 3.04. The summed E-state index contributed by atoms with van der Waals surface area (Å²) in [5, 5.41) is 11.1. The lowest BCUT2D eigenvalue weighted by atomic mass is 10.0. The second-order valence-corrected chi connectivity index (χ2v) is 6.85. The van der Waals surface area contributed by atoms with Crippen LogP contribution >= 0.6 is 11.6 Å². The van der Waals surface area contributed by atoms with Crippen molar-refractivity contribution in [2.45, 2.75) is 18.6 Å². The molecule has 1 aliphatic rings. The predicted molar refractivity (Wildman–Crippen MR) is 101 cm³/mol. The van der Waals surface area contributed by atoms with Crippen LogP contribution in [0.4, 0.5) is 4.39 Å². The van der Waals surface area contributed by atoms with Gasteiger partial charge in [-0.1, -0.05) is 11.6 Å². The Bertz CT molecular complexity index is 743. The van der Waals surface area contributed by atoms with Gasteiger partial charge in [-0.3, -0.25) is 4.90 Å². The Balaban J connectivity index is 1.47. The highest BCUT2D eigenvalue weighted by Gasteiger charge is 2.29. The molecule has 146 valence electrons. The SMILES string of the molecule is COc1cc(F)ccc1O[C@@H]1CCN(CCOc2ccc(Cl)cc2)C[C@H]1O. The van der Waals surface area contributed by atoms with E-state index in [2.05, 4.69) is 4.90 Å². The molecule has 1 fully saturated rings. The molecule has 27 heavy (non-hydrogen) atoms. The second-order valence-electron chi connectivity index (χ2n) is 6.41. The number of rotatable bonds is 7. The Labute approximate surface area is 163 Å². The molecule has 0 amide bonds. The molecule has 1 aliphatic heterocycles. The summed E-state index contributed by atoms with van der Waals surface area (Å²) in [6.07, 6.45) is -0.357. The summed E-state index contributed by atoms with van der Waals surface area (Å²) < 4.78 is 30.0. The number of methoxy groups -OCH3 is 1. The van der Waals surface area contributed by atoms with Crippen molar-refractivity contribution >= 4 is 11.6 Å². The summed E-state index contributed by atoms with van der Waals surface area (Å²) in [5.41, 5.74) is 0. The lowest BCUT2D eigenvalue weighted by Gasteiger charge is -2.36. The van der Waals surface area contributed by atoms with Gasteiger partial charge in [-0.15, -0.1) is 0 Å². The quantitative estimate of drug-likeness (QED) is 0.778. The predicted octanol–water partition coefficient (Wildman–Crippen LogP) is 3.38. The number of aliphatic hydroxyl groups is 1. The monoisotopic (exact) mass is 395 g/mol. The number of ether oxygens (including phenoxy) is 3. The van der Waals surface area contributed by atoms with Gasteiger partial charge in [-0.05, 0) is 42.8 Å². The van der Waals surface area contributed by atoms with Crippen molar-refractivity contribution in [2.24, 2.45) is 0 Å². The van der Waals surface area contributed by atoms with E-state index >= 15 is 0 Å². The van der Waals surface area contributed by atoms with Gasteiger partial charge in [-0.25, -0.2) is 4.39 Å². The van der Waals surface area contributed by atoms with E-state index in [0.717, 1.165) is 12.3 Å². The maximum Gasteiger partial charge on any atom is 0.163 e. The summed E-state index contributed by atoms with van der Waals surface area (Å²) in [6, 6.07) is 11.3. The van der Waals surface area contributed by atoms with E-state index in [1.165, 1.54) is 25.3 Å². The molecule has 0 radical (unpaired) electrons. The van der Waals surface area contributed by atoms with Gasteiger partial charge >= 0.3 is 0 Å². The van der Waals surface area contributed by atoms with Crippen LogP contribution in [0.15, 0.2) is 42.5 Å². The van der Waals surface area contributed by atoms with Crippen molar-refractivity contribution in [3.63, 3.8) is 0 Å². The standard InChI is InChI=1S/C20H23ClFNO4/c1-25-20-12-15(22)4-7-19(20)27-18-8-9-23(13-17(18)24)10-11-26-16-5-2-14(21)3-6-16/h2-7,12,17-18,24H,8-11,13H2,1H3/t17-,18-/m1/s1. The van der Waals surface area contributed by atoms with Crippen LogP contribution in [-0.2, 0) is 0 Å². The molecular weight excluding hydrogens is 373 g/mol. The van der Waals surface area contributed by atoms with Crippen LogP contribution in [0, 0.1) is 5.82 Å². The molecule has 7 heteroatoms. The van der Waals surface area contributed by atoms with Crippen LogP contribution in [0.2, 0.25) is 5.02 Å². The number of halogens is 2. The maximum atomic E-state index is 13.3. The van der Waals surface area contributed by atoms with Crippen LogP contribution in [0.3, 0.4) is 0 Å². The van der Waals surface area contributed by atoms with Crippen molar-refractivity contribution in [3.05, 3.63) is 53.3 Å². The number of hydrogen-bond acceptors (Lipinski definition) is 5. The maximum absolute atomic E-state index is 13.3. The van der Waals surface area contributed by atoms with E-state index in [0.29, 0.717) is 42.6 Å². The molecule has 2 aromatic carbocycles. The first kappa shape index (κ1) is 19.7. The van der Waals surface area contributed by atoms with Crippen LogP contribution in [0.25, 0.3) is 0 Å². The average Bonchev–Trinajstić information content (AvgIpc) is 2.66. The van der Waals surface area contributed by atoms with E-state index in [1.807, 2.05) is 12.1 Å². The summed E-state index contributed by atoms with van der Waals surface area (Å²) in [5.74, 6) is 1.13. The van der Waals surface area contributed by atoms with Crippen LogP contribution < -0.4 is 14.2 Å². The molecule has 0 unspecified atom stereocenters. The third-order valence-corrected chi connectivity index (χ3v) is 4.75. The third-order valence-electron chi connectivity index (χ3n) is 4.50. The molecule has 1 saturated heterocycles. The van der Waals surface area contributed by atoms with Gasteiger partial charge < -0.3 is 19.3 Å². The zero-order chi connectivity index (χ0) is 19.2. The molecule has 2 atom stereocenters. The van der Waals surface area contributed by atoms with Crippen molar-refractivity contribution < 1.29 is 23.7 Å². The minimum Gasteiger partial charge on any atom is -0.493 e. The molecule has 3 rings (SSSR count). The number of nitrogens with zero attached hydrogens (tertiary/aromatic N) is 1. The van der Waals surface area contributed by atoms with Gasteiger partial charge in [0.25, 0.3) is 0 Å². The number of likely N-dealkylation sites (tertiary alicyclic amines) is 1. The summed E-state index contributed by atoms with van der Waals surface area (Å²) in [6.45, 7) is 2.48. The van der Waals surface area contributed by atoms with Crippen molar-refractivity contribution in [1.29, 1.82) is 0 Å². The fraction of sp³-hybridized carbons (Fsp3) is 0.400. The second kappa shape index (κ2) is 9.26. The normalized spacial score (nSPS) is 20.3. The number of hydrogen-bond donors (Lipinski definition) is 1. The smallest absolute Gasteiger partial charge is 0.163 e. The Morgan fingerprint density at radius 3 is 2.67 bits per heavy atom. The molecule has 0 spiro atoms. The first-order valence-electron chi connectivity index (χ1n) is 8.84. The molecule has 0 bridgehead atoms. The largest absolute Gasteiger partial charge is 0.493 e. The number of aliphatic hydroxyl groups excluding tert-OH is 1. The summed E-state index contributed by atoms with van der Waals surface area (Å²) in [4.78, 5) is 2.13. The Morgan fingerprint density at radius 1 is 1.19 bits per heavy atom. The van der Waals surface area contributed by atoms with Crippen LogP contribution in [-0.4, -0.2) is 55.6 Å². The number of benzene rings is 2. The molecule has 0 aromatic heterocycles. The van der Waals surface area contributed by atoms with E-state index in [-0.39, 0.29) is 6.10 Å². The molecule has 5 nitrogen and oxygen atoms in total. The van der Waals surface area contributed by atoms with Gasteiger partial charge in [0.2, 0.25) is 0 Å². The molecule has 0 aliphatic carbocycles. The zero-order valence-corrected chi connectivity index (χ0v) is 15.9. The highest BCUT2D eigenvalue weighted by Crippen LogP contribution is 2.30. The Kier molecular flexibility index (Phi) is 6.77. The first-order chi connectivity index (χ1) is 13.0. The molecule has 0 saturated carbocycles. The van der Waals surface area contributed by atoms with Gasteiger partial charge in [-0.2, -0.15) is 0 Å². The van der Waals surface area contributed by atoms with Gasteiger partial charge in [0.05, 0.1) is 7.11 Å². The number of β-amino-alcohol motifs (C(OH)–C–C–N with tert-alkyl or cyclic N) is 1. The van der Waals surface area contributed by atoms with E-state index in [9.17, 15) is 9.50 Å². The van der Waals surface area contributed by atoms with Crippen LogP contribution in [0.1, 0.15) is 6.42 Å². The summed E-state index contributed by atoms with van der Waals surface area (Å²) >= 11 is 5.85. The fourth-order valence-corrected chi connectivity index (χ4v) is 3.17. The third kappa shape index (κ3) is 5.48. The highest BCUT2D eigenvalue weighted by atomic mass is 35.5. The Morgan fingerprint density at radius 2 is 1.96 bits per heavy atom. The van der Waals surface area contributed by atoms with Crippen molar-refractivity contribution in [2.75, 3.05) is 33.4 Å². The van der Waals surface area contributed by atoms with Gasteiger partial charge in [0.1, 0.15) is 30.4 Å². The highest BCUT2D eigenvalue weighted by molar-refractivity contribution is 6.30. The van der Waals surface area contributed by atoms with Crippen molar-refractivity contribution in [3.8, 4) is 17.2 Å². The molecule has 1 N–H and O–H groups in total. The lowest BCUT2D eigenvalue weighted by molar-refractivity contribution is -0.0283. The minimum atomic E-state index is -0.649. The molecule has 1 heterocycles. The topological polar surface area (TPSA) is 51.2 Å². The van der Waals surface area contributed by atoms with E-state index in [4.69, 9.17) is 25.8 Å².